The number of hydrogen-bond acceptors (Lipinski definition) is 3. The van der Waals surface area contributed by atoms with Crippen molar-refractivity contribution in [3.05, 3.63) is 48.2 Å². The van der Waals surface area contributed by atoms with Crippen LogP contribution in [-0.2, 0) is 18.3 Å². The summed E-state index contributed by atoms with van der Waals surface area (Å²) in [6.07, 6.45) is 5.15. The molecule has 1 atom stereocenters. The Bertz CT molecular complexity index is 659. The molecule has 0 radical (unpaired) electrons. The number of amides is 1. The summed E-state index contributed by atoms with van der Waals surface area (Å²) >= 11 is 0. The van der Waals surface area contributed by atoms with Gasteiger partial charge in [-0.15, -0.1) is 0 Å². The fourth-order valence-corrected chi connectivity index (χ4v) is 3.35. The van der Waals surface area contributed by atoms with E-state index in [9.17, 15) is 4.79 Å². The molecule has 2 aromatic rings. The molecule has 0 spiro atoms. The second kappa shape index (κ2) is 7.51. The van der Waals surface area contributed by atoms with Crippen LogP contribution in [0.15, 0.2) is 42.6 Å². The van der Waals surface area contributed by atoms with E-state index in [0.717, 1.165) is 38.2 Å². The third kappa shape index (κ3) is 4.16. The molecule has 0 aliphatic carbocycles. The maximum Gasteiger partial charge on any atom is 0.244 e. The Hall–Kier alpha value is -2.30. The first-order chi connectivity index (χ1) is 11.6. The molecular formula is C19H26N4O. The highest BCUT2D eigenvalue weighted by Gasteiger charge is 2.26. The van der Waals surface area contributed by atoms with Crippen molar-refractivity contribution in [3.63, 3.8) is 0 Å². The number of benzene rings is 1. The van der Waals surface area contributed by atoms with Crippen molar-refractivity contribution in [1.82, 2.24) is 14.7 Å². The minimum atomic E-state index is -0.245. The third-order valence-corrected chi connectivity index (χ3v) is 4.74. The predicted octanol–water partition coefficient (Wildman–Crippen LogP) is 2.70. The lowest BCUT2D eigenvalue weighted by atomic mass is 9.90. The quantitative estimate of drug-likeness (QED) is 0.919. The average Bonchev–Trinajstić information content (AvgIpc) is 3.00. The summed E-state index contributed by atoms with van der Waals surface area (Å²) in [6.45, 7) is 3.61. The SMILES string of the molecule is CC(Nc1ccn(C)n1)C(=O)N1CCC(Cc2ccccc2)CC1. The summed E-state index contributed by atoms with van der Waals surface area (Å²) in [7, 11) is 1.87. The molecule has 1 aliphatic heterocycles. The van der Waals surface area contributed by atoms with Gasteiger partial charge in [-0.3, -0.25) is 9.48 Å². The largest absolute Gasteiger partial charge is 0.357 e. The number of aromatic nitrogens is 2. The minimum absolute atomic E-state index is 0.166. The fourth-order valence-electron chi connectivity index (χ4n) is 3.35. The van der Waals surface area contributed by atoms with Crippen LogP contribution in [0, 0.1) is 5.92 Å². The van der Waals surface area contributed by atoms with Crippen molar-refractivity contribution in [2.24, 2.45) is 13.0 Å². The maximum absolute atomic E-state index is 12.6. The van der Waals surface area contributed by atoms with Crippen LogP contribution in [0.3, 0.4) is 0 Å². The summed E-state index contributed by atoms with van der Waals surface area (Å²) in [5.41, 5.74) is 1.40. The first-order valence-electron chi connectivity index (χ1n) is 8.70. The van der Waals surface area contributed by atoms with Crippen LogP contribution >= 0.6 is 0 Å². The molecule has 1 fully saturated rings. The van der Waals surface area contributed by atoms with Gasteiger partial charge in [0.2, 0.25) is 5.91 Å². The van der Waals surface area contributed by atoms with Crippen molar-refractivity contribution in [2.75, 3.05) is 18.4 Å². The standard InChI is InChI=1S/C19H26N4O/c1-15(20-18-10-11-22(2)21-18)19(24)23-12-8-17(9-13-23)14-16-6-4-3-5-7-16/h3-7,10-11,15,17H,8-9,12-14H2,1-2H3,(H,20,21). The van der Waals surface area contributed by atoms with Gasteiger partial charge in [0.05, 0.1) is 0 Å². The van der Waals surface area contributed by atoms with Gasteiger partial charge in [-0.25, -0.2) is 0 Å². The molecule has 1 aromatic heterocycles. The smallest absolute Gasteiger partial charge is 0.244 e. The Morgan fingerprint density at radius 1 is 1.25 bits per heavy atom. The maximum atomic E-state index is 12.6. The number of hydrogen-bond donors (Lipinski definition) is 1. The topological polar surface area (TPSA) is 50.2 Å². The number of nitrogens with one attached hydrogen (secondary N) is 1. The van der Waals surface area contributed by atoms with E-state index in [1.807, 2.05) is 31.1 Å². The van der Waals surface area contributed by atoms with Crippen LogP contribution in [0.25, 0.3) is 0 Å². The molecule has 128 valence electrons. The van der Waals surface area contributed by atoms with Crippen molar-refractivity contribution >= 4 is 11.7 Å². The normalized spacial score (nSPS) is 16.8. The Balaban J connectivity index is 1.47. The van der Waals surface area contributed by atoms with Crippen LogP contribution in [-0.4, -0.2) is 39.7 Å². The van der Waals surface area contributed by atoms with Crippen LogP contribution in [0.2, 0.25) is 0 Å². The van der Waals surface area contributed by atoms with Gasteiger partial charge < -0.3 is 10.2 Å². The third-order valence-electron chi connectivity index (χ3n) is 4.74. The van der Waals surface area contributed by atoms with Crippen molar-refractivity contribution in [2.45, 2.75) is 32.2 Å². The zero-order valence-corrected chi connectivity index (χ0v) is 14.5. The molecule has 1 unspecified atom stereocenters. The van der Waals surface area contributed by atoms with Gasteiger partial charge in [0, 0.05) is 32.4 Å². The zero-order valence-electron chi connectivity index (χ0n) is 14.5. The van der Waals surface area contributed by atoms with Gasteiger partial charge in [0.15, 0.2) is 0 Å². The Labute approximate surface area is 143 Å². The zero-order chi connectivity index (χ0) is 16.9. The highest BCUT2D eigenvalue weighted by Crippen LogP contribution is 2.22. The van der Waals surface area contributed by atoms with E-state index in [4.69, 9.17) is 0 Å². The van der Waals surface area contributed by atoms with Crippen molar-refractivity contribution in [1.29, 1.82) is 0 Å². The number of nitrogens with zero attached hydrogens (tertiary/aromatic N) is 3. The Morgan fingerprint density at radius 3 is 2.58 bits per heavy atom. The summed E-state index contributed by atoms with van der Waals surface area (Å²) in [4.78, 5) is 14.6. The number of piperidine rings is 1. The predicted molar refractivity (Wildman–Crippen MR) is 95.7 cm³/mol. The lowest BCUT2D eigenvalue weighted by Gasteiger charge is -2.33. The monoisotopic (exact) mass is 326 g/mol. The molecule has 1 aliphatic rings. The van der Waals surface area contributed by atoms with Gasteiger partial charge in [-0.1, -0.05) is 30.3 Å². The molecule has 24 heavy (non-hydrogen) atoms. The summed E-state index contributed by atoms with van der Waals surface area (Å²) in [5.74, 6) is 1.59. The van der Waals surface area contributed by atoms with Gasteiger partial charge in [-0.2, -0.15) is 5.10 Å². The van der Waals surface area contributed by atoms with E-state index >= 15 is 0 Å². The second-order valence-corrected chi connectivity index (χ2v) is 6.70. The molecule has 5 heteroatoms. The van der Waals surface area contributed by atoms with Gasteiger partial charge in [-0.05, 0) is 37.7 Å². The molecule has 0 saturated carbocycles. The van der Waals surface area contributed by atoms with Gasteiger partial charge >= 0.3 is 0 Å². The highest BCUT2D eigenvalue weighted by molar-refractivity contribution is 5.84. The molecule has 5 nitrogen and oxygen atoms in total. The molecule has 1 aromatic carbocycles. The number of carbonyl (C=O) groups is 1. The summed E-state index contributed by atoms with van der Waals surface area (Å²) in [6, 6.07) is 12.3. The van der Waals surface area contributed by atoms with Crippen LogP contribution in [0.1, 0.15) is 25.3 Å². The van der Waals surface area contributed by atoms with E-state index in [-0.39, 0.29) is 11.9 Å². The van der Waals surface area contributed by atoms with E-state index in [1.165, 1.54) is 5.56 Å². The first kappa shape index (κ1) is 16.6. The van der Waals surface area contributed by atoms with E-state index in [0.29, 0.717) is 5.92 Å². The summed E-state index contributed by atoms with van der Waals surface area (Å²) < 4.78 is 1.73. The average molecular weight is 326 g/mol. The van der Waals surface area contributed by atoms with E-state index < -0.39 is 0 Å². The molecule has 0 bridgehead atoms. The molecular weight excluding hydrogens is 300 g/mol. The van der Waals surface area contributed by atoms with Crippen LogP contribution < -0.4 is 5.32 Å². The molecule has 1 saturated heterocycles. The van der Waals surface area contributed by atoms with E-state index in [2.05, 4.69) is 40.7 Å². The highest BCUT2D eigenvalue weighted by atomic mass is 16.2. The Morgan fingerprint density at radius 2 is 1.96 bits per heavy atom. The molecule has 1 N–H and O–H groups in total. The number of likely N-dealkylation sites (tertiary alicyclic amines) is 1. The van der Waals surface area contributed by atoms with Crippen LogP contribution in [0.5, 0.6) is 0 Å². The fraction of sp³-hybridized carbons (Fsp3) is 0.474. The lowest BCUT2D eigenvalue weighted by Crippen LogP contribution is -2.45. The molecule has 3 rings (SSSR count). The number of carbonyl (C=O) groups excluding carboxylic acids is 1. The van der Waals surface area contributed by atoms with Gasteiger partial charge in [0.25, 0.3) is 0 Å². The second-order valence-electron chi connectivity index (χ2n) is 6.70. The van der Waals surface area contributed by atoms with Crippen LogP contribution in [0.4, 0.5) is 5.82 Å². The van der Waals surface area contributed by atoms with E-state index in [1.54, 1.807) is 4.68 Å². The lowest BCUT2D eigenvalue weighted by molar-refractivity contribution is -0.133. The number of rotatable bonds is 5. The molecule has 2 heterocycles. The van der Waals surface area contributed by atoms with Crippen molar-refractivity contribution < 1.29 is 4.79 Å². The molecule has 1 amide bonds. The van der Waals surface area contributed by atoms with Crippen molar-refractivity contribution in [3.8, 4) is 0 Å². The van der Waals surface area contributed by atoms with Gasteiger partial charge in [0.1, 0.15) is 11.9 Å². The minimum Gasteiger partial charge on any atom is -0.357 e. The number of anilines is 1. The Kier molecular flexibility index (Phi) is 5.18. The summed E-state index contributed by atoms with van der Waals surface area (Å²) in [5, 5.41) is 7.46. The first-order valence-corrected chi connectivity index (χ1v) is 8.70. The number of aryl methyl sites for hydroxylation is 1.